The molecular weight excluding hydrogens is 356 g/mol. The van der Waals surface area contributed by atoms with Gasteiger partial charge < -0.3 is 14.9 Å². The standard InChI is InChI=1S/C19H23ClN2O4/c20-16-7-5-13(6-8-16)17(23)21-9-1-3-14(11-21)18(24)22-10-2-4-15(12-22)19(25)26/h5-8,14-15H,1-4,9-12H2,(H,25,26)/t14?,15-/m0/s1. The van der Waals surface area contributed by atoms with Gasteiger partial charge in [0.25, 0.3) is 5.91 Å². The Labute approximate surface area is 157 Å². The summed E-state index contributed by atoms with van der Waals surface area (Å²) in [5, 5.41) is 9.78. The van der Waals surface area contributed by atoms with Crippen LogP contribution < -0.4 is 0 Å². The number of amides is 2. The fourth-order valence-corrected chi connectivity index (χ4v) is 3.90. The van der Waals surface area contributed by atoms with E-state index in [1.54, 1.807) is 34.1 Å². The molecule has 0 radical (unpaired) electrons. The van der Waals surface area contributed by atoms with E-state index in [4.69, 9.17) is 11.6 Å². The van der Waals surface area contributed by atoms with Gasteiger partial charge in [-0.05, 0) is 49.9 Å². The van der Waals surface area contributed by atoms with Gasteiger partial charge in [0.05, 0.1) is 11.8 Å². The van der Waals surface area contributed by atoms with Crippen LogP contribution in [0.25, 0.3) is 0 Å². The van der Waals surface area contributed by atoms with Gasteiger partial charge in [0, 0.05) is 36.8 Å². The Morgan fingerprint density at radius 3 is 2.15 bits per heavy atom. The van der Waals surface area contributed by atoms with Crippen LogP contribution in [0.5, 0.6) is 0 Å². The molecule has 6 nitrogen and oxygen atoms in total. The summed E-state index contributed by atoms with van der Waals surface area (Å²) in [5.74, 6) is -1.70. The van der Waals surface area contributed by atoms with Crippen LogP contribution in [0.1, 0.15) is 36.0 Å². The van der Waals surface area contributed by atoms with Gasteiger partial charge >= 0.3 is 5.97 Å². The molecule has 0 spiro atoms. The lowest BCUT2D eigenvalue weighted by atomic mass is 9.92. The van der Waals surface area contributed by atoms with Crippen molar-refractivity contribution in [2.45, 2.75) is 25.7 Å². The summed E-state index contributed by atoms with van der Waals surface area (Å²) in [6.45, 7) is 1.89. The molecule has 140 valence electrons. The number of hydrogen-bond acceptors (Lipinski definition) is 3. The molecule has 1 unspecified atom stereocenters. The van der Waals surface area contributed by atoms with Crippen molar-refractivity contribution in [3.63, 3.8) is 0 Å². The van der Waals surface area contributed by atoms with Gasteiger partial charge in [-0.2, -0.15) is 0 Å². The summed E-state index contributed by atoms with van der Waals surface area (Å²) >= 11 is 5.87. The van der Waals surface area contributed by atoms with Crippen LogP contribution in [0.3, 0.4) is 0 Å². The van der Waals surface area contributed by atoms with E-state index in [0.717, 1.165) is 12.8 Å². The monoisotopic (exact) mass is 378 g/mol. The van der Waals surface area contributed by atoms with Crippen molar-refractivity contribution in [1.29, 1.82) is 0 Å². The third kappa shape index (κ3) is 4.18. The lowest BCUT2D eigenvalue weighted by Gasteiger charge is -2.37. The second-order valence-corrected chi connectivity index (χ2v) is 7.50. The molecule has 0 bridgehead atoms. The number of carbonyl (C=O) groups is 3. The summed E-state index contributed by atoms with van der Waals surface area (Å²) in [6, 6.07) is 6.75. The van der Waals surface area contributed by atoms with E-state index < -0.39 is 11.9 Å². The predicted molar refractivity (Wildman–Crippen MR) is 97.0 cm³/mol. The molecule has 0 aromatic heterocycles. The maximum Gasteiger partial charge on any atom is 0.308 e. The number of aliphatic carboxylic acids is 1. The second-order valence-electron chi connectivity index (χ2n) is 7.06. The number of carboxylic acids is 1. The highest BCUT2D eigenvalue weighted by atomic mass is 35.5. The number of halogens is 1. The Morgan fingerprint density at radius 1 is 0.923 bits per heavy atom. The number of nitrogens with zero attached hydrogens (tertiary/aromatic N) is 2. The Balaban J connectivity index is 1.64. The van der Waals surface area contributed by atoms with Crippen LogP contribution in [0.4, 0.5) is 0 Å². The number of piperidine rings is 2. The number of hydrogen-bond donors (Lipinski definition) is 1. The van der Waals surface area contributed by atoms with E-state index in [9.17, 15) is 19.5 Å². The summed E-state index contributed by atoms with van der Waals surface area (Å²) in [7, 11) is 0. The molecule has 7 heteroatoms. The molecule has 2 heterocycles. The van der Waals surface area contributed by atoms with E-state index >= 15 is 0 Å². The molecule has 2 aliphatic rings. The Hall–Kier alpha value is -2.08. The van der Waals surface area contributed by atoms with E-state index in [1.807, 2.05) is 0 Å². The van der Waals surface area contributed by atoms with Crippen LogP contribution in [-0.2, 0) is 9.59 Å². The minimum absolute atomic E-state index is 0.0236. The molecule has 0 saturated carbocycles. The molecule has 1 N–H and O–H groups in total. The van der Waals surface area contributed by atoms with Gasteiger partial charge in [0.2, 0.25) is 5.91 Å². The largest absolute Gasteiger partial charge is 0.481 e. The predicted octanol–water partition coefficient (Wildman–Crippen LogP) is 2.52. The molecule has 1 aromatic carbocycles. The maximum atomic E-state index is 12.8. The Morgan fingerprint density at radius 2 is 1.50 bits per heavy atom. The second kappa shape index (κ2) is 8.08. The SMILES string of the molecule is O=C(O)[C@H]1CCCN(C(=O)C2CCCN(C(=O)c3ccc(Cl)cc3)C2)C1. The average Bonchev–Trinajstić information content (AvgIpc) is 2.67. The molecule has 2 atom stereocenters. The molecule has 0 aliphatic carbocycles. The highest BCUT2D eigenvalue weighted by Gasteiger charge is 2.35. The van der Waals surface area contributed by atoms with Gasteiger partial charge in [-0.25, -0.2) is 0 Å². The highest BCUT2D eigenvalue weighted by Crippen LogP contribution is 2.24. The van der Waals surface area contributed by atoms with E-state index in [-0.39, 0.29) is 24.3 Å². The first-order valence-corrected chi connectivity index (χ1v) is 9.40. The zero-order chi connectivity index (χ0) is 18.7. The van der Waals surface area contributed by atoms with Crippen LogP contribution in [0.2, 0.25) is 5.02 Å². The minimum Gasteiger partial charge on any atom is -0.481 e. The topological polar surface area (TPSA) is 77.9 Å². The highest BCUT2D eigenvalue weighted by molar-refractivity contribution is 6.30. The van der Waals surface area contributed by atoms with Crippen LogP contribution in [0.15, 0.2) is 24.3 Å². The van der Waals surface area contributed by atoms with Crippen molar-refractivity contribution in [2.75, 3.05) is 26.2 Å². The number of rotatable bonds is 3. The van der Waals surface area contributed by atoms with Crippen molar-refractivity contribution < 1.29 is 19.5 Å². The maximum absolute atomic E-state index is 12.8. The molecule has 2 fully saturated rings. The molecular formula is C19H23ClN2O4. The third-order valence-electron chi connectivity index (χ3n) is 5.23. The lowest BCUT2D eigenvalue weighted by Crippen LogP contribution is -2.50. The van der Waals surface area contributed by atoms with Crippen LogP contribution in [0, 0.1) is 11.8 Å². The van der Waals surface area contributed by atoms with E-state index in [1.165, 1.54) is 0 Å². The first kappa shape index (κ1) is 18.7. The molecule has 3 rings (SSSR count). The van der Waals surface area contributed by atoms with Crippen molar-refractivity contribution in [2.24, 2.45) is 11.8 Å². The van der Waals surface area contributed by atoms with E-state index in [2.05, 4.69) is 0 Å². The quantitative estimate of drug-likeness (QED) is 0.876. The summed E-state index contributed by atoms with van der Waals surface area (Å²) in [4.78, 5) is 40.1. The third-order valence-corrected chi connectivity index (χ3v) is 5.48. The average molecular weight is 379 g/mol. The van der Waals surface area contributed by atoms with Crippen molar-refractivity contribution in [1.82, 2.24) is 9.80 Å². The molecule has 26 heavy (non-hydrogen) atoms. The first-order chi connectivity index (χ1) is 12.5. The number of carboxylic acid groups (broad SMARTS) is 1. The van der Waals surface area contributed by atoms with Crippen molar-refractivity contribution in [3.05, 3.63) is 34.9 Å². The fourth-order valence-electron chi connectivity index (χ4n) is 3.78. The van der Waals surface area contributed by atoms with Crippen LogP contribution >= 0.6 is 11.6 Å². The molecule has 2 amide bonds. The van der Waals surface area contributed by atoms with Gasteiger partial charge in [0.15, 0.2) is 0 Å². The number of likely N-dealkylation sites (tertiary alicyclic amines) is 2. The summed E-state index contributed by atoms with van der Waals surface area (Å²) in [6.07, 6.45) is 2.83. The molecule has 2 saturated heterocycles. The van der Waals surface area contributed by atoms with Crippen molar-refractivity contribution >= 4 is 29.4 Å². The minimum atomic E-state index is -0.842. The smallest absolute Gasteiger partial charge is 0.308 e. The van der Waals surface area contributed by atoms with Crippen LogP contribution in [-0.4, -0.2) is 58.9 Å². The number of carbonyl (C=O) groups excluding carboxylic acids is 2. The van der Waals surface area contributed by atoms with Gasteiger partial charge in [0.1, 0.15) is 0 Å². The van der Waals surface area contributed by atoms with Crippen molar-refractivity contribution in [3.8, 4) is 0 Å². The van der Waals surface area contributed by atoms with E-state index in [0.29, 0.717) is 43.1 Å². The zero-order valence-corrected chi connectivity index (χ0v) is 15.3. The first-order valence-electron chi connectivity index (χ1n) is 9.02. The summed E-state index contributed by atoms with van der Waals surface area (Å²) in [5.41, 5.74) is 0.561. The number of benzene rings is 1. The molecule has 1 aromatic rings. The van der Waals surface area contributed by atoms with Gasteiger partial charge in [-0.1, -0.05) is 11.6 Å². The molecule has 2 aliphatic heterocycles. The van der Waals surface area contributed by atoms with Gasteiger partial charge in [-0.3, -0.25) is 14.4 Å². The lowest BCUT2D eigenvalue weighted by molar-refractivity contribution is -0.147. The Kier molecular flexibility index (Phi) is 5.81. The zero-order valence-electron chi connectivity index (χ0n) is 14.6. The summed E-state index contributed by atoms with van der Waals surface area (Å²) < 4.78 is 0. The normalized spacial score (nSPS) is 23.6. The van der Waals surface area contributed by atoms with Gasteiger partial charge in [-0.15, -0.1) is 0 Å². The fraction of sp³-hybridized carbons (Fsp3) is 0.526. The Bertz CT molecular complexity index is 691.